The lowest BCUT2D eigenvalue weighted by molar-refractivity contribution is -0.134. The molecule has 1 fully saturated rings. The number of carbonyl (C=O) groups is 2. The van der Waals surface area contributed by atoms with Gasteiger partial charge in [-0.2, -0.15) is 0 Å². The molecule has 1 saturated heterocycles. The predicted molar refractivity (Wildman–Crippen MR) is 53.4 cm³/mol. The Bertz CT molecular complexity index is 246. The standard InChI is InChI=1S/C10H17NO4/c1-10(2,3)15-9(13)11-5-4-8(11)14-7-6-12/h6,8H,4-5,7H2,1-3H3. The van der Waals surface area contributed by atoms with Gasteiger partial charge >= 0.3 is 6.09 Å². The highest BCUT2D eigenvalue weighted by molar-refractivity contribution is 5.69. The van der Waals surface area contributed by atoms with Gasteiger partial charge in [0.1, 0.15) is 24.7 Å². The number of nitrogens with zero attached hydrogens (tertiary/aromatic N) is 1. The van der Waals surface area contributed by atoms with Gasteiger partial charge in [0.15, 0.2) is 0 Å². The molecule has 1 aliphatic rings. The molecule has 0 aliphatic carbocycles. The van der Waals surface area contributed by atoms with Crippen molar-refractivity contribution in [3.63, 3.8) is 0 Å². The molecule has 0 N–H and O–H groups in total. The average molecular weight is 215 g/mol. The van der Waals surface area contributed by atoms with Crippen molar-refractivity contribution in [2.75, 3.05) is 13.2 Å². The molecular formula is C10H17NO4. The van der Waals surface area contributed by atoms with E-state index in [2.05, 4.69) is 0 Å². The van der Waals surface area contributed by atoms with E-state index in [1.54, 1.807) is 0 Å². The zero-order valence-electron chi connectivity index (χ0n) is 9.36. The van der Waals surface area contributed by atoms with Crippen molar-refractivity contribution in [2.24, 2.45) is 0 Å². The summed E-state index contributed by atoms with van der Waals surface area (Å²) in [4.78, 5) is 23.1. The third-order valence-electron chi connectivity index (χ3n) is 1.95. The highest BCUT2D eigenvalue weighted by Gasteiger charge is 2.35. The van der Waals surface area contributed by atoms with E-state index < -0.39 is 5.60 Å². The molecule has 0 radical (unpaired) electrons. The lowest BCUT2D eigenvalue weighted by atomic mass is 10.2. The third kappa shape index (κ3) is 3.51. The van der Waals surface area contributed by atoms with Crippen LogP contribution in [0.5, 0.6) is 0 Å². The second-order valence-corrected chi connectivity index (χ2v) is 4.42. The molecule has 0 aromatic rings. The van der Waals surface area contributed by atoms with Crippen molar-refractivity contribution in [1.82, 2.24) is 4.90 Å². The molecule has 5 nitrogen and oxygen atoms in total. The number of carbonyl (C=O) groups excluding carboxylic acids is 2. The molecule has 15 heavy (non-hydrogen) atoms. The lowest BCUT2D eigenvalue weighted by Gasteiger charge is -2.40. The third-order valence-corrected chi connectivity index (χ3v) is 1.95. The molecule has 0 aromatic carbocycles. The number of hydrogen-bond donors (Lipinski definition) is 0. The van der Waals surface area contributed by atoms with Crippen LogP contribution in [0.15, 0.2) is 0 Å². The average Bonchev–Trinajstić information content (AvgIpc) is 1.98. The van der Waals surface area contributed by atoms with Gasteiger partial charge in [0, 0.05) is 13.0 Å². The maximum absolute atomic E-state index is 11.5. The van der Waals surface area contributed by atoms with Gasteiger partial charge < -0.3 is 14.3 Å². The van der Waals surface area contributed by atoms with Gasteiger partial charge in [0.05, 0.1) is 0 Å². The summed E-state index contributed by atoms with van der Waals surface area (Å²) in [5, 5.41) is 0. The largest absolute Gasteiger partial charge is 0.444 e. The Kier molecular flexibility index (Phi) is 3.68. The molecule has 0 spiro atoms. The van der Waals surface area contributed by atoms with Crippen LogP contribution < -0.4 is 0 Å². The second-order valence-electron chi connectivity index (χ2n) is 4.42. The van der Waals surface area contributed by atoms with Gasteiger partial charge in [0.25, 0.3) is 0 Å². The number of hydrogen-bond acceptors (Lipinski definition) is 4. The van der Waals surface area contributed by atoms with E-state index in [-0.39, 0.29) is 18.9 Å². The fraction of sp³-hybridized carbons (Fsp3) is 0.800. The molecule has 0 aromatic heterocycles. The summed E-state index contributed by atoms with van der Waals surface area (Å²) in [6.07, 6.45) is 0.744. The molecule has 0 saturated carbocycles. The quantitative estimate of drug-likeness (QED) is 0.663. The van der Waals surface area contributed by atoms with E-state index in [9.17, 15) is 9.59 Å². The Balaban J connectivity index is 2.37. The van der Waals surface area contributed by atoms with E-state index in [1.165, 1.54) is 4.90 Å². The van der Waals surface area contributed by atoms with E-state index in [0.29, 0.717) is 12.8 Å². The molecule has 5 heteroatoms. The highest BCUT2D eigenvalue weighted by atomic mass is 16.6. The fourth-order valence-electron chi connectivity index (χ4n) is 1.22. The monoisotopic (exact) mass is 215 g/mol. The molecule has 1 heterocycles. The van der Waals surface area contributed by atoms with Crippen molar-refractivity contribution < 1.29 is 19.1 Å². The fourth-order valence-corrected chi connectivity index (χ4v) is 1.22. The van der Waals surface area contributed by atoms with Crippen molar-refractivity contribution in [1.29, 1.82) is 0 Å². The van der Waals surface area contributed by atoms with Gasteiger partial charge in [-0.3, -0.25) is 4.90 Å². The van der Waals surface area contributed by atoms with Crippen LogP contribution >= 0.6 is 0 Å². The van der Waals surface area contributed by atoms with E-state index in [1.807, 2.05) is 20.8 Å². The molecule has 0 bridgehead atoms. The summed E-state index contributed by atoms with van der Waals surface area (Å²) in [6, 6.07) is 0. The maximum atomic E-state index is 11.5. The number of likely N-dealkylation sites (tertiary alicyclic amines) is 1. The van der Waals surface area contributed by atoms with Crippen molar-refractivity contribution in [3.8, 4) is 0 Å². The summed E-state index contributed by atoms with van der Waals surface area (Å²) in [6.45, 7) is 6.08. The van der Waals surface area contributed by atoms with Crippen LogP contribution in [0.1, 0.15) is 27.2 Å². The van der Waals surface area contributed by atoms with Gasteiger partial charge in [-0.25, -0.2) is 4.79 Å². The number of aldehydes is 1. The molecular weight excluding hydrogens is 198 g/mol. The zero-order valence-corrected chi connectivity index (χ0v) is 9.36. The van der Waals surface area contributed by atoms with Gasteiger partial charge in [-0.05, 0) is 20.8 Å². The number of ether oxygens (including phenoxy) is 2. The van der Waals surface area contributed by atoms with Crippen LogP contribution in [-0.4, -0.2) is 42.3 Å². The Morgan fingerprint density at radius 3 is 2.60 bits per heavy atom. The second kappa shape index (κ2) is 4.61. The van der Waals surface area contributed by atoms with Crippen LogP contribution in [0.3, 0.4) is 0 Å². The van der Waals surface area contributed by atoms with E-state index in [4.69, 9.17) is 9.47 Å². The first-order valence-electron chi connectivity index (χ1n) is 4.99. The summed E-state index contributed by atoms with van der Waals surface area (Å²) in [7, 11) is 0. The first-order chi connectivity index (χ1) is 6.94. The minimum absolute atomic E-state index is 0.0178. The molecule has 1 amide bonds. The van der Waals surface area contributed by atoms with Crippen LogP contribution in [0.25, 0.3) is 0 Å². The highest BCUT2D eigenvalue weighted by Crippen LogP contribution is 2.21. The van der Waals surface area contributed by atoms with Gasteiger partial charge in [-0.15, -0.1) is 0 Å². The number of amides is 1. The minimum atomic E-state index is -0.498. The summed E-state index contributed by atoms with van der Waals surface area (Å²) < 4.78 is 10.3. The van der Waals surface area contributed by atoms with Crippen LogP contribution in [0.2, 0.25) is 0 Å². The normalized spacial score (nSPS) is 20.7. The first kappa shape index (κ1) is 12.0. The molecule has 1 unspecified atom stereocenters. The maximum Gasteiger partial charge on any atom is 0.412 e. The zero-order chi connectivity index (χ0) is 11.5. The van der Waals surface area contributed by atoms with Crippen molar-refractivity contribution in [2.45, 2.75) is 39.0 Å². The van der Waals surface area contributed by atoms with Gasteiger partial charge in [-0.1, -0.05) is 0 Å². The Morgan fingerprint density at radius 1 is 1.53 bits per heavy atom. The summed E-state index contributed by atoms with van der Waals surface area (Å²) >= 11 is 0. The van der Waals surface area contributed by atoms with Gasteiger partial charge in [0.2, 0.25) is 0 Å². The lowest BCUT2D eigenvalue weighted by Crippen LogP contribution is -2.54. The Morgan fingerprint density at radius 2 is 2.20 bits per heavy atom. The predicted octanol–water partition coefficient (Wildman–Crippen LogP) is 1.17. The topological polar surface area (TPSA) is 55.8 Å². The molecule has 1 aliphatic heterocycles. The molecule has 1 rings (SSSR count). The molecule has 1 atom stereocenters. The van der Waals surface area contributed by atoms with Crippen LogP contribution in [0, 0.1) is 0 Å². The van der Waals surface area contributed by atoms with Crippen molar-refractivity contribution in [3.05, 3.63) is 0 Å². The SMILES string of the molecule is CC(C)(C)OC(=O)N1CCC1OCC=O. The molecule has 86 valence electrons. The Labute approximate surface area is 89.3 Å². The Hall–Kier alpha value is -1.10. The van der Waals surface area contributed by atoms with E-state index in [0.717, 1.165) is 6.42 Å². The smallest absolute Gasteiger partial charge is 0.412 e. The van der Waals surface area contributed by atoms with Crippen LogP contribution in [-0.2, 0) is 14.3 Å². The van der Waals surface area contributed by atoms with E-state index >= 15 is 0 Å². The minimum Gasteiger partial charge on any atom is -0.444 e. The van der Waals surface area contributed by atoms with Crippen LogP contribution in [0.4, 0.5) is 4.79 Å². The summed E-state index contributed by atoms with van der Waals surface area (Å²) in [5.74, 6) is 0. The van der Waals surface area contributed by atoms with Crippen molar-refractivity contribution >= 4 is 12.4 Å². The first-order valence-corrected chi connectivity index (χ1v) is 4.99. The number of rotatable bonds is 3. The summed E-state index contributed by atoms with van der Waals surface area (Å²) in [5.41, 5.74) is -0.498.